The molecule has 0 atom stereocenters. The fourth-order valence-electron chi connectivity index (χ4n) is 6.91. The normalized spacial score (nSPS) is 10.9. The molecule has 0 spiro atoms. The van der Waals surface area contributed by atoms with Crippen LogP contribution in [-0.2, 0) is 18.0 Å². The van der Waals surface area contributed by atoms with Gasteiger partial charge in [-0.05, 0) is 88.1 Å². The molecule has 288 valence electrons. The topological polar surface area (TPSA) is 44.7 Å². The molecule has 56 heavy (non-hydrogen) atoms. The van der Waals surface area contributed by atoms with E-state index < -0.39 is 18.0 Å². The zero-order chi connectivity index (χ0) is 40.3. The Kier molecular flexibility index (Phi) is 13.4. The van der Waals surface area contributed by atoms with Gasteiger partial charge in [-0.1, -0.05) is 70.8 Å². The first-order valence-electron chi connectivity index (χ1n) is 18.6. The van der Waals surface area contributed by atoms with Crippen LogP contribution in [0.1, 0.15) is 33.8 Å². The van der Waals surface area contributed by atoms with Gasteiger partial charge in [0.2, 0.25) is 0 Å². The molecular weight excluding hydrogens is 831 g/mol. The molecule has 8 rings (SSSR count). The Bertz CT molecular complexity index is 2460. The quantitative estimate of drug-likeness (QED) is 0.123. The number of halogens is 2. The molecule has 0 unspecified atom stereocenters. The number of methoxy groups -OCH3 is 2. The van der Waals surface area contributed by atoms with E-state index in [-0.39, 0.29) is 5.43 Å². The van der Waals surface area contributed by atoms with Crippen LogP contribution in [0.25, 0.3) is 66.4 Å². The fourth-order valence-corrected chi connectivity index (χ4v) is 6.91. The van der Waals surface area contributed by atoms with Gasteiger partial charge in [0.05, 0.1) is 37.3 Å². The maximum atomic E-state index is 5.93. The summed E-state index contributed by atoms with van der Waals surface area (Å²) in [5.74, 6) is 5.59. The van der Waals surface area contributed by atoms with E-state index in [9.17, 15) is 0 Å². The minimum atomic E-state index is -1.65. The number of rotatable bonds is 6. The number of aryl methyl sites for hydroxylation is 6. The summed E-state index contributed by atoms with van der Waals surface area (Å²) in [6.45, 7) is 16.8. The molecule has 0 N–H and O–H groups in total. The third kappa shape index (κ3) is 8.90. The average Bonchev–Trinajstić information content (AvgIpc) is 3.97. The Hall–Kier alpha value is -4.06. The van der Waals surface area contributed by atoms with E-state index in [0.29, 0.717) is 0 Å². The molecule has 0 fully saturated rings. The van der Waals surface area contributed by atoms with Crippen LogP contribution in [0.2, 0.25) is 13.1 Å². The number of ether oxygens (including phenoxy) is 2. The third-order valence-corrected chi connectivity index (χ3v) is 30.0. The van der Waals surface area contributed by atoms with Crippen LogP contribution in [-0.4, -0.2) is 19.7 Å². The van der Waals surface area contributed by atoms with Crippen molar-refractivity contribution in [1.29, 1.82) is 0 Å². The minimum absolute atomic E-state index is 0.224. The monoisotopic (exact) mass is 876 g/mol. The second-order valence-corrected chi connectivity index (χ2v) is 37.3. The van der Waals surface area contributed by atoms with Crippen molar-refractivity contribution in [3.8, 4) is 56.4 Å². The van der Waals surface area contributed by atoms with E-state index in [1.54, 1.807) is 14.2 Å². The van der Waals surface area contributed by atoms with Gasteiger partial charge in [0.1, 0.15) is 11.5 Å². The van der Waals surface area contributed by atoms with E-state index in [2.05, 4.69) is 126 Å². The van der Waals surface area contributed by atoms with Gasteiger partial charge in [-0.2, -0.15) is 0 Å². The molecule has 0 bridgehead atoms. The SMILES string of the molecule is COc1ccccc1-c1c(C)ccc2[cH-]c(-c3cc(C)c(C)o3)cc12.COc1ccccc1-c1c(C)ccc2[cH-]c(-c3cc(C)c(C)o3)cc12.C[Si](C)=[Zr]([Cl])[Cl]. The maximum absolute atomic E-state index is 5.93. The molecule has 8 aromatic rings. The first kappa shape index (κ1) is 41.6. The van der Waals surface area contributed by atoms with E-state index in [1.165, 1.54) is 54.9 Å². The Morgan fingerprint density at radius 2 is 0.911 bits per heavy atom. The molecule has 6 aromatic carbocycles. The molecule has 2 heterocycles. The number of para-hydroxylation sites is 2. The van der Waals surface area contributed by atoms with Crippen molar-refractivity contribution in [3.63, 3.8) is 0 Å². The van der Waals surface area contributed by atoms with Gasteiger partial charge in [0, 0.05) is 11.1 Å². The van der Waals surface area contributed by atoms with Crippen molar-refractivity contribution in [2.24, 2.45) is 0 Å². The number of benzene rings is 4. The summed E-state index contributed by atoms with van der Waals surface area (Å²) in [4.78, 5) is 0. The van der Waals surface area contributed by atoms with E-state index in [1.807, 2.05) is 38.1 Å². The average molecular weight is 879 g/mol. The Morgan fingerprint density at radius 1 is 0.536 bits per heavy atom. The van der Waals surface area contributed by atoms with Crippen LogP contribution in [0.15, 0.2) is 118 Å². The summed E-state index contributed by atoms with van der Waals surface area (Å²) in [6, 6.07) is 38.1. The van der Waals surface area contributed by atoms with Crippen LogP contribution < -0.4 is 9.47 Å². The van der Waals surface area contributed by atoms with E-state index in [4.69, 9.17) is 35.3 Å². The van der Waals surface area contributed by atoms with Gasteiger partial charge in [-0.25, -0.2) is 0 Å². The molecule has 2 aromatic heterocycles. The van der Waals surface area contributed by atoms with Gasteiger partial charge < -0.3 is 18.3 Å². The molecule has 0 aliphatic rings. The fraction of sp³-hybridized carbons (Fsp3) is 0.208. The summed E-state index contributed by atoms with van der Waals surface area (Å²) >= 11 is -1.65. The van der Waals surface area contributed by atoms with Crippen molar-refractivity contribution in [2.75, 3.05) is 14.2 Å². The van der Waals surface area contributed by atoms with E-state index in [0.717, 1.165) is 56.8 Å². The predicted molar refractivity (Wildman–Crippen MR) is 236 cm³/mol. The molecule has 0 saturated heterocycles. The van der Waals surface area contributed by atoms with Gasteiger partial charge in [-0.3, -0.25) is 0 Å². The van der Waals surface area contributed by atoms with Crippen LogP contribution in [0.3, 0.4) is 0 Å². The summed E-state index contributed by atoms with van der Waals surface area (Å²) in [7, 11) is 14.7. The van der Waals surface area contributed by atoms with Gasteiger partial charge in [0.15, 0.2) is 0 Å². The van der Waals surface area contributed by atoms with Crippen molar-refractivity contribution >= 4 is 44.0 Å². The Morgan fingerprint density at radius 3 is 1.23 bits per heavy atom. The Balaban J connectivity index is 0.000000166. The summed E-state index contributed by atoms with van der Waals surface area (Å²) in [5.41, 5.74) is 11.5. The number of hydrogen-bond acceptors (Lipinski definition) is 4. The Labute approximate surface area is 346 Å². The van der Waals surface area contributed by atoms with Gasteiger partial charge in [0.25, 0.3) is 0 Å². The first-order chi connectivity index (χ1) is 26.8. The van der Waals surface area contributed by atoms with Gasteiger partial charge >= 0.3 is 53.5 Å². The second kappa shape index (κ2) is 18.0. The summed E-state index contributed by atoms with van der Waals surface area (Å²) in [6.07, 6.45) is 0. The van der Waals surface area contributed by atoms with Crippen molar-refractivity contribution < 1.29 is 36.3 Å². The van der Waals surface area contributed by atoms with Crippen molar-refractivity contribution in [2.45, 2.75) is 54.6 Å². The van der Waals surface area contributed by atoms with Crippen LogP contribution in [0.5, 0.6) is 11.5 Å². The van der Waals surface area contributed by atoms with Crippen LogP contribution in [0.4, 0.5) is 0 Å². The molecule has 4 nitrogen and oxygen atoms in total. The van der Waals surface area contributed by atoms with Gasteiger partial charge in [-0.15, -0.1) is 57.9 Å². The van der Waals surface area contributed by atoms with Crippen molar-refractivity contribution in [1.82, 2.24) is 0 Å². The molecule has 0 saturated carbocycles. The molecule has 0 amide bonds. The van der Waals surface area contributed by atoms with Crippen molar-refractivity contribution in [3.05, 3.63) is 143 Å². The first-order valence-corrected chi connectivity index (χ1v) is 31.1. The predicted octanol–water partition coefficient (Wildman–Crippen LogP) is 15.0. The number of hydrogen-bond donors (Lipinski definition) is 0. The zero-order valence-electron chi connectivity index (χ0n) is 33.8. The number of furan rings is 2. The molecule has 0 aliphatic heterocycles. The zero-order valence-corrected chi connectivity index (χ0v) is 38.8. The molecular formula is C48H48Cl2O4SiZr-2. The molecule has 0 aliphatic carbocycles. The molecule has 8 heteroatoms. The second-order valence-electron chi connectivity index (χ2n) is 14.4. The summed E-state index contributed by atoms with van der Waals surface area (Å²) in [5, 5.41) is 4.89. The standard InChI is InChI=1S/2C23H21O2.C2H6Si.2ClH.Zr/c2*1-14-9-10-17-12-18(22-11-15(2)16(3)25-22)13-20(17)23(14)19-7-5-6-8-21(19)24-4;1-3-2;;;/h2*5-13H,1-4H3;1-2H3;2*1H;/q2*-1;;;;+2/p-2. The number of fused-ring (bicyclic) bond motifs is 2. The third-order valence-electron chi connectivity index (χ3n) is 10.2. The van der Waals surface area contributed by atoms with E-state index >= 15 is 0 Å². The van der Waals surface area contributed by atoms with Crippen LogP contribution >= 0.6 is 17.0 Å². The molecule has 0 radical (unpaired) electrons. The summed E-state index contributed by atoms with van der Waals surface area (Å²) < 4.78 is 23.0. The van der Waals surface area contributed by atoms with Crippen LogP contribution in [0, 0.1) is 41.5 Å².